The van der Waals surface area contributed by atoms with Crippen molar-refractivity contribution in [2.45, 2.75) is 16.0 Å². The van der Waals surface area contributed by atoms with Crippen LogP contribution in [0.4, 0.5) is 36.2 Å². The molecule has 1 fully saturated rings. The number of morpholine rings is 1. The summed E-state index contributed by atoms with van der Waals surface area (Å²) in [4.78, 5) is 17.5. The van der Waals surface area contributed by atoms with Crippen LogP contribution in [-0.2, 0) is 29.6 Å². The summed E-state index contributed by atoms with van der Waals surface area (Å²) in [5, 5.41) is 13.3. The third kappa shape index (κ3) is 8.82. The number of hydrogen-bond donors (Lipinski definition) is 4. The van der Waals surface area contributed by atoms with Gasteiger partial charge in [-0.2, -0.15) is 17.5 Å². The molecule has 1 aliphatic rings. The van der Waals surface area contributed by atoms with Crippen LogP contribution in [-0.4, -0.2) is 81.7 Å². The summed E-state index contributed by atoms with van der Waals surface area (Å²) in [6, 6.07) is 14.4. The number of hydrogen-bond acceptors (Lipinski definition) is 10. The van der Waals surface area contributed by atoms with Crippen LogP contribution < -0.4 is 15.4 Å². The van der Waals surface area contributed by atoms with E-state index in [1.807, 2.05) is 0 Å². The second-order valence-corrected chi connectivity index (χ2v) is 11.9. The second kappa shape index (κ2) is 13.2. The van der Waals surface area contributed by atoms with Crippen LogP contribution in [0, 0.1) is 0 Å². The quantitative estimate of drug-likeness (QED) is 0.291. The Balaban J connectivity index is 0.000000587. The van der Waals surface area contributed by atoms with Crippen molar-refractivity contribution < 1.29 is 44.6 Å². The molecule has 18 heteroatoms. The van der Waals surface area contributed by atoms with Crippen molar-refractivity contribution >= 4 is 49.0 Å². The molecule has 3 aromatic rings. The molecule has 4 N–H and O–H groups in total. The lowest BCUT2D eigenvalue weighted by atomic mass is 10.3. The Hall–Kier alpha value is -3.84. The SMILES string of the molecule is CNS(=O)(=O)c1cccc(Nc2cc(Nc3cccc(S(=O)(=O)N4CCOCC4)c3)ncn2)c1.O=C(O)C(F)(F)F. The highest BCUT2D eigenvalue weighted by atomic mass is 32.2. The zero-order chi connectivity index (χ0) is 30.3. The average Bonchev–Trinajstić information content (AvgIpc) is 2.94. The fourth-order valence-corrected chi connectivity index (χ4v) is 5.55. The second-order valence-electron chi connectivity index (χ2n) is 8.12. The van der Waals surface area contributed by atoms with Gasteiger partial charge in [-0.15, -0.1) is 0 Å². The Morgan fingerprint density at radius 3 is 1.88 bits per heavy atom. The van der Waals surface area contributed by atoms with Crippen LogP contribution in [0.3, 0.4) is 0 Å². The van der Waals surface area contributed by atoms with Gasteiger partial charge in [-0.3, -0.25) is 0 Å². The van der Waals surface area contributed by atoms with Crippen molar-refractivity contribution in [2.75, 3.05) is 44.0 Å². The predicted molar refractivity (Wildman–Crippen MR) is 141 cm³/mol. The number of sulfonamides is 2. The van der Waals surface area contributed by atoms with E-state index in [9.17, 15) is 30.0 Å². The number of rotatable bonds is 8. The zero-order valence-corrected chi connectivity index (χ0v) is 22.9. The largest absolute Gasteiger partial charge is 0.490 e. The Bertz CT molecular complexity index is 1580. The molecule has 1 aliphatic heterocycles. The maximum Gasteiger partial charge on any atom is 0.490 e. The lowest BCUT2D eigenvalue weighted by Crippen LogP contribution is -2.40. The Morgan fingerprint density at radius 2 is 1.39 bits per heavy atom. The number of carbonyl (C=O) groups is 1. The molecule has 0 bridgehead atoms. The number of carboxylic acid groups (broad SMARTS) is 1. The summed E-state index contributed by atoms with van der Waals surface area (Å²) in [7, 11) is -5.86. The first-order valence-corrected chi connectivity index (χ1v) is 14.5. The molecule has 222 valence electrons. The maximum atomic E-state index is 12.9. The number of halogens is 3. The summed E-state index contributed by atoms with van der Waals surface area (Å²) in [6.45, 7) is 1.38. The van der Waals surface area contributed by atoms with Gasteiger partial charge in [0.2, 0.25) is 20.0 Å². The van der Waals surface area contributed by atoms with Gasteiger partial charge in [0.1, 0.15) is 18.0 Å². The van der Waals surface area contributed by atoms with Crippen LogP contribution in [0.5, 0.6) is 0 Å². The number of ether oxygens (including phenoxy) is 1. The van der Waals surface area contributed by atoms with Crippen LogP contribution in [0.2, 0.25) is 0 Å². The molecule has 0 saturated carbocycles. The molecule has 0 spiro atoms. The van der Waals surface area contributed by atoms with Crippen molar-refractivity contribution in [2.24, 2.45) is 0 Å². The number of nitrogens with one attached hydrogen (secondary N) is 3. The van der Waals surface area contributed by atoms with Crippen molar-refractivity contribution in [1.29, 1.82) is 0 Å². The van der Waals surface area contributed by atoms with Gasteiger partial charge in [-0.25, -0.2) is 36.3 Å². The van der Waals surface area contributed by atoms with E-state index in [0.29, 0.717) is 49.3 Å². The van der Waals surface area contributed by atoms with Gasteiger partial charge in [-0.05, 0) is 43.4 Å². The summed E-state index contributed by atoms with van der Waals surface area (Å²) in [5.41, 5.74) is 1.07. The van der Waals surface area contributed by atoms with Gasteiger partial charge in [0.25, 0.3) is 0 Å². The molecule has 2 heterocycles. The summed E-state index contributed by atoms with van der Waals surface area (Å²) in [6.07, 6.45) is -3.74. The highest BCUT2D eigenvalue weighted by molar-refractivity contribution is 7.89. The number of aliphatic carboxylic acids is 1. The molecule has 41 heavy (non-hydrogen) atoms. The number of benzene rings is 2. The summed E-state index contributed by atoms with van der Waals surface area (Å²) in [5.74, 6) is -1.90. The fraction of sp³-hybridized carbons (Fsp3) is 0.261. The van der Waals surface area contributed by atoms with E-state index in [-0.39, 0.29) is 9.79 Å². The molecule has 0 aliphatic carbocycles. The Labute approximate surface area is 233 Å². The first-order chi connectivity index (χ1) is 19.2. The molecule has 1 aromatic heterocycles. The molecular formula is C23H25F3N6O7S2. The van der Waals surface area contributed by atoms with E-state index in [2.05, 4.69) is 25.3 Å². The van der Waals surface area contributed by atoms with Crippen molar-refractivity contribution in [3.63, 3.8) is 0 Å². The highest BCUT2D eigenvalue weighted by Crippen LogP contribution is 2.24. The molecule has 2 aromatic carbocycles. The summed E-state index contributed by atoms with van der Waals surface area (Å²) < 4.78 is 90.6. The molecule has 0 amide bonds. The van der Waals surface area contributed by atoms with Crippen molar-refractivity contribution in [3.05, 3.63) is 60.9 Å². The fourth-order valence-electron chi connectivity index (χ4n) is 3.32. The first kappa shape index (κ1) is 31.7. The Kier molecular flexibility index (Phi) is 10.2. The van der Waals surface area contributed by atoms with E-state index in [4.69, 9.17) is 14.6 Å². The van der Waals surface area contributed by atoms with Gasteiger partial charge in [-0.1, -0.05) is 12.1 Å². The number of carboxylic acids is 1. The minimum atomic E-state index is -5.08. The zero-order valence-electron chi connectivity index (χ0n) is 21.3. The summed E-state index contributed by atoms with van der Waals surface area (Å²) >= 11 is 0. The molecule has 0 radical (unpaired) electrons. The van der Waals surface area contributed by atoms with Crippen LogP contribution in [0.1, 0.15) is 0 Å². The minimum Gasteiger partial charge on any atom is -0.475 e. The molecule has 0 unspecified atom stereocenters. The van der Waals surface area contributed by atoms with Crippen molar-refractivity contribution in [3.8, 4) is 0 Å². The highest BCUT2D eigenvalue weighted by Gasteiger charge is 2.38. The Morgan fingerprint density at radius 1 is 0.902 bits per heavy atom. The number of alkyl halides is 3. The van der Waals surface area contributed by atoms with Crippen LogP contribution in [0.25, 0.3) is 0 Å². The lowest BCUT2D eigenvalue weighted by Gasteiger charge is -2.26. The normalized spacial score (nSPS) is 14.4. The van der Waals surface area contributed by atoms with Crippen LogP contribution in [0.15, 0.2) is 70.7 Å². The number of anilines is 4. The molecule has 4 rings (SSSR count). The van der Waals surface area contributed by atoms with E-state index in [1.165, 1.54) is 29.8 Å². The predicted octanol–water partition coefficient (Wildman–Crippen LogP) is 2.53. The molecular weight excluding hydrogens is 593 g/mol. The smallest absolute Gasteiger partial charge is 0.475 e. The van der Waals surface area contributed by atoms with E-state index in [0.717, 1.165) is 0 Å². The van der Waals surface area contributed by atoms with Gasteiger partial charge in [0.05, 0.1) is 23.0 Å². The number of aromatic nitrogens is 2. The third-order valence-corrected chi connectivity index (χ3v) is 8.62. The topological polar surface area (TPSA) is 180 Å². The van der Waals surface area contributed by atoms with E-state index < -0.39 is 32.2 Å². The standard InChI is InChI=1S/C21H24N6O5S2.C2HF3O2/c1-22-33(28,29)18-6-2-4-16(12-18)25-20-14-21(24-15-23-20)26-17-5-3-7-19(13-17)34(30,31)27-8-10-32-11-9-27;3-2(4,5)1(6)7/h2-7,12-15,22H,8-11H2,1H3,(H2,23,24,25,26);(H,6,7). The van der Waals surface area contributed by atoms with Crippen molar-refractivity contribution in [1.82, 2.24) is 19.0 Å². The van der Waals surface area contributed by atoms with Gasteiger partial charge in [0.15, 0.2) is 0 Å². The van der Waals surface area contributed by atoms with Gasteiger partial charge < -0.3 is 20.5 Å². The van der Waals surface area contributed by atoms with E-state index in [1.54, 1.807) is 42.5 Å². The first-order valence-electron chi connectivity index (χ1n) is 11.6. The monoisotopic (exact) mass is 618 g/mol. The molecule has 1 saturated heterocycles. The number of nitrogens with zero attached hydrogens (tertiary/aromatic N) is 3. The molecule has 13 nitrogen and oxygen atoms in total. The minimum absolute atomic E-state index is 0.116. The average molecular weight is 619 g/mol. The third-order valence-electron chi connectivity index (χ3n) is 5.31. The van der Waals surface area contributed by atoms with Gasteiger partial charge >= 0.3 is 12.1 Å². The molecule has 0 atom stereocenters. The lowest BCUT2D eigenvalue weighted by molar-refractivity contribution is -0.192. The van der Waals surface area contributed by atoms with E-state index >= 15 is 0 Å². The maximum absolute atomic E-state index is 12.9. The van der Waals surface area contributed by atoms with Crippen LogP contribution >= 0.6 is 0 Å². The van der Waals surface area contributed by atoms with Gasteiger partial charge in [0, 0.05) is 30.5 Å².